The number of hydrazone groups is 1. The first kappa shape index (κ1) is 14.1. The van der Waals surface area contributed by atoms with Crippen molar-refractivity contribution in [3.8, 4) is 0 Å². The first-order valence-corrected chi connectivity index (χ1v) is 5.96. The molecule has 0 radical (unpaired) electrons. The van der Waals surface area contributed by atoms with Crippen molar-refractivity contribution >= 4 is 11.8 Å². The van der Waals surface area contributed by atoms with E-state index in [1.807, 2.05) is 6.92 Å². The molecule has 1 heterocycles. The van der Waals surface area contributed by atoms with Gasteiger partial charge in [-0.05, 0) is 25.2 Å². The van der Waals surface area contributed by atoms with Crippen LogP contribution in [0.2, 0.25) is 0 Å². The van der Waals surface area contributed by atoms with E-state index in [-0.39, 0.29) is 23.1 Å². The lowest BCUT2D eigenvalue weighted by Gasteiger charge is -2.38. The number of alkyl halides is 3. The van der Waals surface area contributed by atoms with Crippen LogP contribution in [0.4, 0.5) is 18.0 Å². The number of methoxy groups -OCH3 is 1. The molecule has 0 aromatic heterocycles. The monoisotopic (exact) mass is 280 g/mol. The highest BCUT2D eigenvalue weighted by atomic mass is 19.4. The van der Waals surface area contributed by atoms with Crippen LogP contribution < -0.4 is 0 Å². The maximum Gasteiger partial charge on any atom is 0.439 e. The Morgan fingerprint density at radius 3 is 2.74 bits per heavy atom. The number of amides is 1. The molecule has 1 N–H and O–H groups in total. The van der Waals surface area contributed by atoms with Crippen molar-refractivity contribution in [2.24, 2.45) is 16.9 Å². The van der Waals surface area contributed by atoms with Crippen molar-refractivity contribution in [1.82, 2.24) is 5.01 Å². The van der Waals surface area contributed by atoms with Gasteiger partial charge in [-0.15, -0.1) is 0 Å². The fourth-order valence-corrected chi connectivity index (χ4v) is 2.68. The van der Waals surface area contributed by atoms with Gasteiger partial charge in [0, 0.05) is 5.71 Å². The highest BCUT2D eigenvalue weighted by Gasteiger charge is 2.69. The van der Waals surface area contributed by atoms with Crippen LogP contribution in [0.5, 0.6) is 0 Å². The molecular formula is C11H15F3N2O3. The van der Waals surface area contributed by atoms with Gasteiger partial charge in [0.15, 0.2) is 0 Å². The van der Waals surface area contributed by atoms with Gasteiger partial charge in [-0.25, -0.2) is 4.79 Å². The normalized spacial score (nSPS) is 34.8. The number of hydrogen-bond donors (Lipinski definition) is 1. The minimum atomic E-state index is -4.99. The Labute approximate surface area is 108 Å². The van der Waals surface area contributed by atoms with Crippen LogP contribution >= 0.6 is 0 Å². The van der Waals surface area contributed by atoms with Crippen molar-refractivity contribution in [2.45, 2.75) is 38.1 Å². The van der Waals surface area contributed by atoms with Gasteiger partial charge in [0.1, 0.15) is 0 Å². The summed E-state index contributed by atoms with van der Waals surface area (Å²) in [6.07, 6.45) is -5.12. The summed E-state index contributed by atoms with van der Waals surface area (Å²) in [7, 11) is 0.948. The summed E-state index contributed by atoms with van der Waals surface area (Å²) in [5.74, 6) is -1.18. The van der Waals surface area contributed by atoms with E-state index in [1.165, 1.54) is 0 Å². The average molecular weight is 280 g/mol. The molecule has 8 heteroatoms. The standard InChI is InChI=1S/C11H15F3N2O3/c1-6-3-4-8-7(5-6)10(18,11(12,13)14)16(15-8)9(17)19-2/h6-7,18H,3-5H2,1-2H3/t6-,7-,10-/m0/s1. The largest absolute Gasteiger partial charge is 0.451 e. The van der Waals surface area contributed by atoms with Crippen molar-refractivity contribution in [3.05, 3.63) is 0 Å². The molecule has 0 saturated heterocycles. The van der Waals surface area contributed by atoms with Crippen LogP contribution in [0, 0.1) is 11.8 Å². The predicted molar refractivity (Wildman–Crippen MR) is 59.2 cm³/mol. The smallest absolute Gasteiger partial charge is 0.439 e. The van der Waals surface area contributed by atoms with Gasteiger partial charge in [-0.3, -0.25) is 0 Å². The molecule has 2 aliphatic rings. The summed E-state index contributed by atoms with van der Waals surface area (Å²) >= 11 is 0. The number of nitrogens with zero attached hydrogens (tertiary/aromatic N) is 2. The van der Waals surface area contributed by atoms with Gasteiger partial charge in [0.25, 0.3) is 5.72 Å². The lowest BCUT2D eigenvalue weighted by Crippen LogP contribution is -2.61. The number of fused-ring (bicyclic) bond motifs is 1. The number of carbonyl (C=O) groups excluding carboxylic acids is 1. The van der Waals surface area contributed by atoms with Crippen molar-refractivity contribution < 1.29 is 27.8 Å². The number of hydrogen-bond acceptors (Lipinski definition) is 4. The zero-order valence-corrected chi connectivity index (χ0v) is 10.6. The number of carbonyl (C=O) groups is 1. The van der Waals surface area contributed by atoms with Crippen LogP contribution in [0.1, 0.15) is 26.2 Å². The fourth-order valence-electron chi connectivity index (χ4n) is 2.68. The maximum absolute atomic E-state index is 13.2. The predicted octanol–water partition coefficient (Wildman–Crippen LogP) is 2.11. The Morgan fingerprint density at radius 1 is 1.58 bits per heavy atom. The Bertz CT molecular complexity index is 424. The molecule has 0 aromatic carbocycles. The third-order valence-corrected chi connectivity index (χ3v) is 3.74. The van der Waals surface area contributed by atoms with Crippen LogP contribution in [-0.2, 0) is 4.74 Å². The summed E-state index contributed by atoms with van der Waals surface area (Å²) in [5, 5.41) is 13.8. The van der Waals surface area contributed by atoms with E-state index in [1.54, 1.807) is 0 Å². The summed E-state index contributed by atoms with van der Waals surface area (Å²) in [6.45, 7) is 1.81. The number of ether oxygens (including phenoxy) is 1. The summed E-state index contributed by atoms with van der Waals surface area (Å²) < 4.78 is 43.9. The molecule has 2 rings (SSSR count). The van der Waals surface area contributed by atoms with Crippen molar-refractivity contribution in [2.75, 3.05) is 7.11 Å². The summed E-state index contributed by atoms with van der Waals surface area (Å²) in [4.78, 5) is 11.4. The Hall–Kier alpha value is -1.31. The molecule has 1 saturated carbocycles. The fraction of sp³-hybridized carbons (Fsp3) is 0.818. The maximum atomic E-state index is 13.2. The van der Waals surface area contributed by atoms with Crippen molar-refractivity contribution in [1.29, 1.82) is 0 Å². The molecule has 19 heavy (non-hydrogen) atoms. The van der Waals surface area contributed by atoms with Gasteiger partial charge in [0.2, 0.25) is 0 Å². The minimum absolute atomic E-state index is 0.0328. The molecule has 1 amide bonds. The highest BCUT2D eigenvalue weighted by molar-refractivity contribution is 5.92. The van der Waals surface area contributed by atoms with E-state index in [2.05, 4.69) is 9.84 Å². The van der Waals surface area contributed by atoms with E-state index in [0.29, 0.717) is 12.8 Å². The van der Waals surface area contributed by atoms with E-state index in [9.17, 15) is 23.1 Å². The molecule has 5 nitrogen and oxygen atoms in total. The number of rotatable bonds is 0. The lowest BCUT2D eigenvalue weighted by molar-refractivity contribution is -0.315. The van der Waals surface area contributed by atoms with Crippen LogP contribution in [0.25, 0.3) is 0 Å². The van der Waals surface area contributed by atoms with Crippen LogP contribution in [0.3, 0.4) is 0 Å². The SMILES string of the molecule is COC(=O)N1N=C2CC[C@H](C)C[C@@H]2[C@]1(O)C(F)(F)F. The van der Waals surface area contributed by atoms with E-state index >= 15 is 0 Å². The molecule has 1 fully saturated rings. The second kappa shape index (κ2) is 4.36. The quantitative estimate of drug-likeness (QED) is 0.739. The van der Waals surface area contributed by atoms with Gasteiger partial charge >= 0.3 is 12.3 Å². The third kappa shape index (κ3) is 1.98. The number of halogens is 3. The van der Waals surface area contributed by atoms with E-state index in [0.717, 1.165) is 7.11 Å². The summed E-state index contributed by atoms with van der Waals surface area (Å²) in [6, 6.07) is 0. The lowest BCUT2D eigenvalue weighted by atomic mass is 9.76. The third-order valence-electron chi connectivity index (χ3n) is 3.74. The Morgan fingerprint density at radius 2 is 2.21 bits per heavy atom. The van der Waals surface area contributed by atoms with Gasteiger partial charge in [-0.2, -0.15) is 23.3 Å². The van der Waals surface area contributed by atoms with Crippen molar-refractivity contribution in [3.63, 3.8) is 0 Å². The van der Waals surface area contributed by atoms with Gasteiger partial charge in [-0.1, -0.05) is 6.92 Å². The summed E-state index contributed by atoms with van der Waals surface area (Å²) in [5.41, 5.74) is -3.09. The minimum Gasteiger partial charge on any atom is -0.451 e. The van der Waals surface area contributed by atoms with Gasteiger partial charge in [0.05, 0.1) is 13.0 Å². The number of aliphatic hydroxyl groups is 1. The first-order valence-electron chi connectivity index (χ1n) is 5.96. The van der Waals surface area contributed by atoms with E-state index < -0.39 is 23.9 Å². The molecule has 1 aliphatic carbocycles. The molecule has 0 aromatic rings. The van der Waals surface area contributed by atoms with E-state index in [4.69, 9.17) is 0 Å². The zero-order chi connectivity index (χ0) is 14.4. The van der Waals surface area contributed by atoms with Crippen LogP contribution in [-0.4, -0.2) is 40.9 Å². The van der Waals surface area contributed by atoms with Crippen LogP contribution in [0.15, 0.2) is 5.10 Å². The molecule has 3 atom stereocenters. The molecule has 1 aliphatic heterocycles. The first-order chi connectivity index (χ1) is 8.71. The Kier molecular flexibility index (Phi) is 3.24. The molecule has 0 bridgehead atoms. The molecule has 108 valence electrons. The molecule has 0 spiro atoms. The molecule has 0 unspecified atom stereocenters. The zero-order valence-electron chi connectivity index (χ0n) is 10.6. The average Bonchev–Trinajstić information content (AvgIpc) is 2.63. The Balaban J connectivity index is 2.44. The second-order valence-electron chi connectivity index (χ2n) is 5.03. The highest BCUT2D eigenvalue weighted by Crippen LogP contribution is 2.49. The molecular weight excluding hydrogens is 265 g/mol. The topological polar surface area (TPSA) is 62.1 Å². The second-order valence-corrected chi connectivity index (χ2v) is 5.03. The van der Waals surface area contributed by atoms with Gasteiger partial charge < -0.3 is 9.84 Å².